The van der Waals surface area contributed by atoms with Crippen LogP contribution in [0.15, 0.2) is 24.4 Å². The number of hydrogen-bond donors (Lipinski definition) is 1. The van der Waals surface area contributed by atoms with Crippen LogP contribution in [0.2, 0.25) is 0 Å². The third kappa shape index (κ3) is 3.58. The topological polar surface area (TPSA) is 65.4 Å². The Bertz CT molecular complexity index is 677. The lowest BCUT2D eigenvalue weighted by Gasteiger charge is -2.15. The Hall–Kier alpha value is -2.50. The molecule has 0 unspecified atom stereocenters. The molecular weight excluding hydrogens is 282 g/mol. The number of aryl methyl sites for hydroxylation is 2. The van der Waals surface area contributed by atoms with E-state index >= 15 is 0 Å². The van der Waals surface area contributed by atoms with Crippen LogP contribution in [-0.4, -0.2) is 28.9 Å². The van der Waals surface area contributed by atoms with E-state index in [4.69, 9.17) is 9.47 Å². The molecule has 1 aromatic heterocycles. The van der Waals surface area contributed by atoms with Crippen molar-refractivity contribution in [3.8, 4) is 11.5 Å². The van der Waals surface area contributed by atoms with E-state index in [1.807, 2.05) is 27.8 Å². The summed E-state index contributed by atoms with van der Waals surface area (Å²) in [5, 5.41) is 7.06. The van der Waals surface area contributed by atoms with Crippen LogP contribution in [0.3, 0.4) is 0 Å². The number of benzene rings is 1. The van der Waals surface area contributed by atoms with Crippen LogP contribution in [0, 0.1) is 6.92 Å². The number of nitrogens with zero attached hydrogens (tertiary/aromatic N) is 2. The number of nitrogens with one attached hydrogen (secondary N) is 1. The molecule has 0 atom stereocenters. The maximum atomic E-state index is 12.5. The van der Waals surface area contributed by atoms with Crippen molar-refractivity contribution in [2.45, 2.75) is 26.9 Å². The minimum atomic E-state index is -0.241. The third-order valence-electron chi connectivity index (χ3n) is 3.06. The fraction of sp³-hybridized carbons (Fsp3) is 0.375. The fourth-order valence-electron chi connectivity index (χ4n) is 2.08. The van der Waals surface area contributed by atoms with Crippen LogP contribution >= 0.6 is 0 Å². The third-order valence-corrected chi connectivity index (χ3v) is 3.06. The zero-order valence-electron chi connectivity index (χ0n) is 13.5. The summed E-state index contributed by atoms with van der Waals surface area (Å²) in [6.07, 6.45) is 1.72. The number of rotatable bonds is 5. The highest BCUT2D eigenvalue weighted by atomic mass is 16.5. The van der Waals surface area contributed by atoms with E-state index in [0.29, 0.717) is 22.7 Å². The van der Waals surface area contributed by atoms with E-state index in [1.165, 1.54) is 0 Å². The average Bonchev–Trinajstić information content (AvgIpc) is 2.75. The predicted octanol–water partition coefficient (Wildman–Crippen LogP) is 2.78. The molecule has 1 N–H and O–H groups in total. The number of aromatic nitrogens is 2. The van der Waals surface area contributed by atoms with E-state index in [1.54, 1.807) is 36.2 Å². The summed E-state index contributed by atoms with van der Waals surface area (Å²) in [6.45, 7) is 5.66. The second-order valence-electron chi connectivity index (χ2n) is 5.28. The molecule has 1 aromatic carbocycles. The quantitative estimate of drug-likeness (QED) is 0.922. The molecule has 0 bridgehead atoms. The maximum Gasteiger partial charge on any atom is 0.259 e. The van der Waals surface area contributed by atoms with E-state index in [9.17, 15) is 4.79 Å². The monoisotopic (exact) mass is 303 g/mol. The van der Waals surface area contributed by atoms with Gasteiger partial charge in [-0.05, 0) is 32.9 Å². The molecule has 0 radical (unpaired) electrons. The first kappa shape index (κ1) is 15.9. The van der Waals surface area contributed by atoms with Gasteiger partial charge in [-0.15, -0.1) is 0 Å². The lowest BCUT2D eigenvalue weighted by atomic mass is 10.1. The van der Waals surface area contributed by atoms with Crippen LogP contribution in [-0.2, 0) is 7.05 Å². The Balaban J connectivity index is 2.30. The van der Waals surface area contributed by atoms with Gasteiger partial charge in [-0.1, -0.05) is 0 Å². The van der Waals surface area contributed by atoms with Gasteiger partial charge >= 0.3 is 0 Å². The average molecular weight is 303 g/mol. The summed E-state index contributed by atoms with van der Waals surface area (Å²) < 4.78 is 12.6. The van der Waals surface area contributed by atoms with Crippen molar-refractivity contribution in [1.29, 1.82) is 0 Å². The van der Waals surface area contributed by atoms with Gasteiger partial charge in [0.25, 0.3) is 5.91 Å². The number of amides is 1. The van der Waals surface area contributed by atoms with Gasteiger partial charge in [0.15, 0.2) is 0 Å². The van der Waals surface area contributed by atoms with Crippen LogP contribution < -0.4 is 14.8 Å². The van der Waals surface area contributed by atoms with Crippen molar-refractivity contribution >= 4 is 11.6 Å². The van der Waals surface area contributed by atoms with Gasteiger partial charge in [0, 0.05) is 19.3 Å². The Morgan fingerprint density at radius 1 is 1.36 bits per heavy atom. The van der Waals surface area contributed by atoms with Crippen molar-refractivity contribution in [3.05, 3.63) is 35.7 Å². The number of carbonyl (C=O) groups is 1. The van der Waals surface area contributed by atoms with Gasteiger partial charge in [-0.2, -0.15) is 5.10 Å². The molecule has 118 valence electrons. The first-order valence-corrected chi connectivity index (χ1v) is 7.07. The van der Waals surface area contributed by atoms with Crippen molar-refractivity contribution < 1.29 is 14.3 Å². The molecule has 0 aliphatic rings. The first-order chi connectivity index (χ1) is 10.4. The standard InChI is InChI=1S/C16H21N3O3/c1-10(2)22-15-8-12(21-5)6-7-13(15)16(20)17-14-9-19(4)18-11(14)3/h6-10H,1-5H3,(H,17,20). The minimum Gasteiger partial charge on any atom is -0.497 e. The van der Waals surface area contributed by atoms with Gasteiger partial charge in [0.05, 0.1) is 30.2 Å². The molecule has 2 rings (SSSR count). The smallest absolute Gasteiger partial charge is 0.259 e. The van der Waals surface area contributed by atoms with Gasteiger partial charge < -0.3 is 14.8 Å². The molecule has 6 heteroatoms. The van der Waals surface area contributed by atoms with Crippen LogP contribution in [0.5, 0.6) is 11.5 Å². The molecule has 1 amide bonds. The number of hydrogen-bond acceptors (Lipinski definition) is 4. The van der Waals surface area contributed by atoms with E-state index in [0.717, 1.165) is 5.69 Å². The zero-order chi connectivity index (χ0) is 16.3. The largest absolute Gasteiger partial charge is 0.497 e. The second kappa shape index (κ2) is 6.51. The first-order valence-electron chi connectivity index (χ1n) is 7.07. The van der Waals surface area contributed by atoms with Gasteiger partial charge in [0.2, 0.25) is 0 Å². The Morgan fingerprint density at radius 3 is 2.64 bits per heavy atom. The normalized spacial score (nSPS) is 10.6. The second-order valence-corrected chi connectivity index (χ2v) is 5.28. The zero-order valence-corrected chi connectivity index (χ0v) is 13.5. The Labute approximate surface area is 130 Å². The summed E-state index contributed by atoms with van der Waals surface area (Å²) in [5.41, 5.74) is 1.90. The number of ether oxygens (including phenoxy) is 2. The lowest BCUT2D eigenvalue weighted by Crippen LogP contribution is -2.16. The number of methoxy groups -OCH3 is 1. The predicted molar refractivity (Wildman–Crippen MR) is 84.7 cm³/mol. The summed E-state index contributed by atoms with van der Waals surface area (Å²) in [7, 11) is 3.39. The minimum absolute atomic E-state index is 0.0428. The summed E-state index contributed by atoms with van der Waals surface area (Å²) >= 11 is 0. The Kier molecular flexibility index (Phi) is 4.70. The number of carbonyl (C=O) groups excluding carboxylic acids is 1. The molecular formula is C16H21N3O3. The van der Waals surface area contributed by atoms with Crippen molar-refractivity contribution in [2.75, 3.05) is 12.4 Å². The summed E-state index contributed by atoms with van der Waals surface area (Å²) in [6, 6.07) is 5.14. The van der Waals surface area contributed by atoms with E-state index < -0.39 is 0 Å². The van der Waals surface area contributed by atoms with Crippen LogP contribution in [0.25, 0.3) is 0 Å². The lowest BCUT2D eigenvalue weighted by molar-refractivity contribution is 0.102. The molecule has 0 saturated carbocycles. The van der Waals surface area contributed by atoms with E-state index in [2.05, 4.69) is 10.4 Å². The fourth-order valence-corrected chi connectivity index (χ4v) is 2.08. The van der Waals surface area contributed by atoms with Gasteiger partial charge in [-0.3, -0.25) is 9.48 Å². The molecule has 0 spiro atoms. The summed E-state index contributed by atoms with van der Waals surface area (Å²) in [4.78, 5) is 12.5. The molecule has 0 aliphatic heterocycles. The molecule has 0 saturated heterocycles. The Morgan fingerprint density at radius 2 is 2.09 bits per heavy atom. The van der Waals surface area contributed by atoms with Gasteiger partial charge in [-0.25, -0.2) is 0 Å². The van der Waals surface area contributed by atoms with Crippen molar-refractivity contribution in [2.24, 2.45) is 7.05 Å². The molecule has 0 fully saturated rings. The highest BCUT2D eigenvalue weighted by Gasteiger charge is 2.16. The van der Waals surface area contributed by atoms with Crippen LogP contribution in [0.1, 0.15) is 29.9 Å². The van der Waals surface area contributed by atoms with E-state index in [-0.39, 0.29) is 12.0 Å². The summed E-state index contributed by atoms with van der Waals surface area (Å²) in [5.74, 6) is 0.896. The number of anilines is 1. The van der Waals surface area contributed by atoms with Crippen molar-refractivity contribution in [1.82, 2.24) is 9.78 Å². The highest BCUT2D eigenvalue weighted by molar-refractivity contribution is 6.06. The molecule has 2 aromatic rings. The molecule has 6 nitrogen and oxygen atoms in total. The maximum absolute atomic E-state index is 12.5. The van der Waals surface area contributed by atoms with Gasteiger partial charge in [0.1, 0.15) is 11.5 Å². The molecule has 0 aliphatic carbocycles. The highest BCUT2D eigenvalue weighted by Crippen LogP contribution is 2.27. The van der Waals surface area contributed by atoms with Crippen molar-refractivity contribution in [3.63, 3.8) is 0 Å². The molecule has 22 heavy (non-hydrogen) atoms. The van der Waals surface area contributed by atoms with Crippen LogP contribution in [0.4, 0.5) is 5.69 Å². The molecule has 1 heterocycles. The SMILES string of the molecule is COc1ccc(C(=O)Nc2cn(C)nc2C)c(OC(C)C)c1.